The van der Waals surface area contributed by atoms with Gasteiger partial charge in [-0.05, 0) is 36.5 Å². The molecule has 0 aromatic heterocycles. The number of aliphatic hydroxyl groups excluding tert-OH is 1. The average molecular weight is 300 g/mol. The van der Waals surface area contributed by atoms with Crippen LogP contribution in [0.2, 0.25) is 5.02 Å². The van der Waals surface area contributed by atoms with Gasteiger partial charge in [0, 0.05) is 12.0 Å². The number of rotatable bonds is 4. The summed E-state index contributed by atoms with van der Waals surface area (Å²) >= 11 is 5.82. The van der Waals surface area contributed by atoms with Crippen molar-refractivity contribution >= 4 is 11.6 Å². The van der Waals surface area contributed by atoms with Crippen molar-refractivity contribution in [3.8, 4) is 0 Å². The lowest BCUT2D eigenvalue weighted by Crippen LogP contribution is -2.41. The van der Waals surface area contributed by atoms with Crippen molar-refractivity contribution in [2.45, 2.75) is 45.1 Å². The Kier molecular flexibility index (Phi) is 5.05. The van der Waals surface area contributed by atoms with E-state index in [1.165, 1.54) is 18.6 Å². The van der Waals surface area contributed by atoms with Gasteiger partial charge in [-0.15, -0.1) is 0 Å². The highest BCUT2D eigenvalue weighted by Gasteiger charge is 2.41. The fraction of sp³-hybridized carbons (Fsp3) is 0.625. The maximum Gasteiger partial charge on any atom is 0.141 e. The molecular formula is C16H23ClFNO. The molecule has 0 bridgehead atoms. The van der Waals surface area contributed by atoms with Crippen LogP contribution in [0.4, 0.5) is 4.39 Å². The van der Waals surface area contributed by atoms with E-state index in [0.717, 1.165) is 25.7 Å². The van der Waals surface area contributed by atoms with E-state index in [4.69, 9.17) is 17.3 Å². The third kappa shape index (κ3) is 3.00. The Balaban J connectivity index is 2.27. The van der Waals surface area contributed by atoms with Gasteiger partial charge in [0.1, 0.15) is 5.82 Å². The van der Waals surface area contributed by atoms with E-state index in [1.54, 1.807) is 6.07 Å². The fourth-order valence-corrected chi connectivity index (χ4v) is 3.64. The first-order valence-corrected chi connectivity index (χ1v) is 7.73. The summed E-state index contributed by atoms with van der Waals surface area (Å²) in [6, 6.07) is 4.44. The maximum atomic E-state index is 13.3. The third-order valence-corrected chi connectivity index (χ3v) is 5.10. The molecule has 4 heteroatoms. The number of aliphatic hydroxyl groups is 1. The molecule has 0 saturated heterocycles. The van der Waals surface area contributed by atoms with Gasteiger partial charge in [0.05, 0.1) is 11.1 Å². The molecule has 1 aliphatic carbocycles. The second-order valence-corrected chi connectivity index (χ2v) is 6.42. The number of hydrogen-bond donors (Lipinski definition) is 2. The molecular weight excluding hydrogens is 277 g/mol. The van der Waals surface area contributed by atoms with Gasteiger partial charge in [0.25, 0.3) is 0 Å². The largest absolute Gasteiger partial charge is 0.388 e. The van der Waals surface area contributed by atoms with Crippen molar-refractivity contribution in [2.24, 2.45) is 17.1 Å². The van der Waals surface area contributed by atoms with E-state index in [0.29, 0.717) is 18.0 Å². The number of hydrogen-bond acceptors (Lipinski definition) is 2. The molecule has 3 atom stereocenters. The van der Waals surface area contributed by atoms with Crippen molar-refractivity contribution in [1.82, 2.24) is 0 Å². The Morgan fingerprint density at radius 1 is 1.55 bits per heavy atom. The normalized spacial score (nSPS) is 28.4. The van der Waals surface area contributed by atoms with Gasteiger partial charge >= 0.3 is 0 Å². The number of nitrogens with two attached hydrogens (primary N) is 1. The van der Waals surface area contributed by atoms with Crippen molar-refractivity contribution in [3.05, 3.63) is 34.6 Å². The summed E-state index contributed by atoms with van der Waals surface area (Å²) in [7, 11) is 0. The molecule has 1 aromatic carbocycles. The Morgan fingerprint density at radius 3 is 2.90 bits per heavy atom. The summed E-state index contributed by atoms with van der Waals surface area (Å²) in [6.07, 6.45) is 4.56. The summed E-state index contributed by atoms with van der Waals surface area (Å²) in [5, 5.41) is 10.8. The second kappa shape index (κ2) is 6.42. The van der Waals surface area contributed by atoms with Crippen LogP contribution < -0.4 is 5.73 Å². The van der Waals surface area contributed by atoms with Gasteiger partial charge in [-0.1, -0.05) is 43.9 Å². The molecule has 1 aliphatic rings. The van der Waals surface area contributed by atoms with E-state index < -0.39 is 11.9 Å². The van der Waals surface area contributed by atoms with Crippen molar-refractivity contribution in [3.63, 3.8) is 0 Å². The topological polar surface area (TPSA) is 46.2 Å². The highest BCUT2D eigenvalue weighted by Crippen LogP contribution is 2.48. The first-order valence-electron chi connectivity index (χ1n) is 7.35. The molecule has 1 aromatic rings. The summed E-state index contributed by atoms with van der Waals surface area (Å²) < 4.78 is 13.3. The molecule has 1 saturated carbocycles. The van der Waals surface area contributed by atoms with Crippen LogP contribution in [0.25, 0.3) is 0 Å². The maximum absolute atomic E-state index is 13.3. The van der Waals surface area contributed by atoms with E-state index >= 15 is 0 Å². The van der Waals surface area contributed by atoms with Crippen LogP contribution in [-0.4, -0.2) is 11.7 Å². The molecule has 112 valence electrons. The minimum absolute atomic E-state index is 0.0524. The van der Waals surface area contributed by atoms with Gasteiger partial charge in [-0.25, -0.2) is 4.39 Å². The van der Waals surface area contributed by atoms with Crippen LogP contribution in [0.5, 0.6) is 0 Å². The lowest BCUT2D eigenvalue weighted by molar-refractivity contribution is -0.0162. The molecule has 0 aliphatic heterocycles. The van der Waals surface area contributed by atoms with Crippen molar-refractivity contribution in [1.29, 1.82) is 0 Å². The van der Waals surface area contributed by atoms with E-state index in [1.807, 2.05) is 0 Å². The van der Waals surface area contributed by atoms with E-state index in [2.05, 4.69) is 6.92 Å². The lowest BCUT2D eigenvalue weighted by Gasteiger charge is -2.43. The van der Waals surface area contributed by atoms with Gasteiger partial charge in [-0.2, -0.15) is 0 Å². The van der Waals surface area contributed by atoms with Crippen LogP contribution in [0, 0.1) is 17.2 Å². The number of benzene rings is 1. The zero-order valence-corrected chi connectivity index (χ0v) is 12.7. The van der Waals surface area contributed by atoms with Gasteiger partial charge in [0.2, 0.25) is 0 Å². The Morgan fingerprint density at radius 2 is 2.30 bits per heavy atom. The standard InChI is InChI=1S/C16H23ClFNO/c1-2-11-4-3-7-16(9-11,10-19)15(20)12-5-6-14(18)13(17)8-12/h5-6,8,11,15,20H,2-4,7,9-10,19H2,1H3. The minimum Gasteiger partial charge on any atom is -0.388 e. The highest BCUT2D eigenvalue weighted by atomic mass is 35.5. The van der Waals surface area contributed by atoms with Crippen molar-refractivity contribution < 1.29 is 9.50 Å². The zero-order valence-electron chi connectivity index (χ0n) is 11.9. The van der Waals surface area contributed by atoms with Gasteiger partial charge in [0.15, 0.2) is 0 Å². The van der Waals surface area contributed by atoms with Gasteiger partial charge < -0.3 is 10.8 Å². The van der Waals surface area contributed by atoms with Crippen molar-refractivity contribution in [2.75, 3.05) is 6.54 Å². The Labute approximate surface area is 125 Å². The Hall–Kier alpha value is -0.640. The molecule has 0 amide bonds. The zero-order chi connectivity index (χ0) is 14.8. The fourth-order valence-electron chi connectivity index (χ4n) is 3.45. The van der Waals surface area contributed by atoms with E-state index in [-0.39, 0.29) is 10.4 Å². The molecule has 2 rings (SSSR count). The molecule has 2 nitrogen and oxygen atoms in total. The molecule has 20 heavy (non-hydrogen) atoms. The monoisotopic (exact) mass is 299 g/mol. The summed E-state index contributed by atoms with van der Waals surface area (Å²) in [5.41, 5.74) is 6.35. The van der Waals surface area contributed by atoms with Gasteiger partial charge in [-0.3, -0.25) is 0 Å². The van der Waals surface area contributed by atoms with Crippen LogP contribution in [0.1, 0.15) is 50.7 Å². The Bertz CT molecular complexity index is 468. The van der Waals surface area contributed by atoms with Crippen LogP contribution in [0.15, 0.2) is 18.2 Å². The first-order chi connectivity index (χ1) is 9.52. The third-order valence-electron chi connectivity index (χ3n) is 4.81. The molecule has 3 N–H and O–H groups in total. The molecule has 3 unspecified atom stereocenters. The smallest absolute Gasteiger partial charge is 0.141 e. The number of halogens is 2. The predicted octanol–water partition coefficient (Wildman–Crippen LogP) is 4.06. The second-order valence-electron chi connectivity index (χ2n) is 6.01. The predicted molar refractivity (Wildman–Crippen MR) is 80.1 cm³/mol. The van der Waals surface area contributed by atoms with Crippen LogP contribution in [-0.2, 0) is 0 Å². The van der Waals surface area contributed by atoms with Crippen LogP contribution in [0.3, 0.4) is 0 Å². The minimum atomic E-state index is -0.681. The SMILES string of the molecule is CCC1CCCC(CN)(C(O)c2ccc(F)c(Cl)c2)C1. The summed E-state index contributed by atoms with van der Waals surface area (Å²) in [4.78, 5) is 0. The molecule has 0 heterocycles. The van der Waals surface area contributed by atoms with E-state index in [9.17, 15) is 9.50 Å². The average Bonchev–Trinajstić information content (AvgIpc) is 2.49. The molecule has 1 fully saturated rings. The summed E-state index contributed by atoms with van der Waals surface area (Å²) in [5.74, 6) is 0.150. The molecule has 0 spiro atoms. The summed E-state index contributed by atoms with van der Waals surface area (Å²) in [6.45, 7) is 2.62. The highest BCUT2D eigenvalue weighted by molar-refractivity contribution is 6.30. The van der Waals surface area contributed by atoms with Crippen LogP contribution >= 0.6 is 11.6 Å². The quantitative estimate of drug-likeness (QED) is 0.881. The first kappa shape index (κ1) is 15.7. The lowest BCUT2D eigenvalue weighted by atomic mass is 9.64. The molecule has 0 radical (unpaired) electrons.